The largest absolute Gasteiger partial charge is 0.328 e. The van der Waals surface area contributed by atoms with Crippen molar-refractivity contribution in [2.75, 3.05) is 0 Å². The zero-order chi connectivity index (χ0) is 8.15. The highest BCUT2D eigenvalue weighted by atomic mass is 16.1. The van der Waals surface area contributed by atoms with E-state index in [1.54, 1.807) is 6.92 Å². The van der Waals surface area contributed by atoms with Crippen molar-refractivity contribution >= 4 is 12.1 Å². The summed E-state index contributed by atoms with van der Waals surface area (Å²) in [6.07, 6.45) is 1.53. The van der Waals surface area contributed by atoms with Crippen LogP contribution in [0.2, 0.25) is 0 Å². The molecule has 1 radical (unpaired) electrons. The Labute approximate surface area is 59.6 Å². The summed E-state index contributed by atoms with van der Waals surface area (Å²) in [6.45, 7) is 1.68. The lowest BCUT2D eigenvalue weighted by Gasteiger charge is -2.04. The maximum Gasteiger partial charge on any atom is 0.224 e. The molecule has 10 heavy (non-hydrogen) atoms. The van der Waals surface area contributed by atoms with E-state index in [4.69, 9.17) is 11.5 Å². The molecule has 0 saturated heterocycles. The molecule has 4 N–H and O–H groups in total. The van der Waals surface area contributed by atoms with E-state index in [0.29, 0.717) is 0 Å². The smallest absolute Gasteiger partial charge is 0.224 e. The summed E-state index contributed by atoms with van der Waals surface area (Å²) >= 11 is 0. The van der Waals surface area contributed by atoms with Crippen molar-refractivity contribution in [1.82, 2.24) is 0 Å². The van der Waals surface area contributed by atoms with E-state index in [1.807, 2.05) is 0 Å². The van der Waals surface area contributed by atoms with Crippen LogP contribution in [0.3, 0.4) is 0 Å². The van der Waals surface area contributed by atoms with Crippen LogP contribution in [0.5, 0.6) is 0 Å². The zero-order valence-corrected chi connectivity index (χ0v) is 5.83. The van der Waals surface area contributed by atoms with Crippen LogP contribution in [0, 0.1) is 0 Å². The SMILES string of the molecule is CC(N)CC(=O)C(N)[C]=O. The van der Waals surface area contributed by atoms with Gasteiger partial charge in [0.1, 0.15) is 6.04 Å². The van der Waals surface area contributed by atoms with Gasteiger partial charge in [0.05, 0.1) is 0 Å². The van der Waals surface area contributed by atoms with Gasteiger partial charge in [-0.25, -0.2) is 0 Å². The summed E-state index contributed by atoms with van der Waals surface area (Å²) in [4.78, 5) is 20.5. The Morgan fingerprint density at radius 2 is 2.10 bits per heavy atom. The predicted molar refractivity (Wildman–Crippen MR) is 36.9 cm³/mol. The number of hydrogen-bond acceptors (Lipinski definition) is 4. The Kier molecular flexibility index (Phi) is 3.83. The first-order valence-corrected chi connectivity index (χ1v) is 2.99. The highest BCUT2D eigenvalue weighted by Crippen LogP contribution is 1.90. The minimum atomic E-state index is -1.12. The van der Waals surface area contributed by atoms with E-state index in [-0.39, 0.29) is 18.2 Å². The van der Waals surface area contributed by atoms with Gasteiger partial charge in [0.25, 0.3) is 0 Å². The van der Waals surface area contributed by atoms with Gasteiger partial charge in [-0.3, -0.25) is 9.59 Å². The highest BCUT2D eigenvalue weighted by molar-refractivity contribution is 5.97. The van der Waals surface area contributed by atoms with Crippen molar-refractivity contribution in [2.45, 2.75) is 25.4 Å². The molecule has 0 saturated carbocycles. The summed E-state index contributed by atoms with van der Waals surface area (Å²) in [5, 5.41) is 0. The van der Waals surface area contributed by atoms with Gasteiger partial charge in [-0.05, 0) is 6.92 Å². The second-order valence-electron chi connectivity index (χ2n) is 2.24. The Morgan fingerprint density at radius 1 is 1.60 bits per heavy atom. The van der Waals surface area contributed by atoms with Crippen molar-refractivity contribution in [3.05, 3.63) is 0 Å². The van der Waals surface area contributed by atoms with Gasteiger partial charge in [-0.2, -0.15) is 0 Å². The fourth-order valence-corrected chi connectivity index (χ4v) is 0.510. The van der Waals surface area contributed by atoms with Crippen LogP contribution >= 0.6 is 0 Å². The first kappa shape index (κ1) is 9.26. The molecule has 0 aromatic heterocycles. The number of Topliss-reactive ketones (excluding diaryl/α,β-unsaturated/α-hetero) is 1. The van der Waals surface area contributed by atoms with Crippen LogP contribution in [0.1, 0.15) is 13.3 Å². The average molecular weight is 143 g/mol. The number of hydrogen-bond donors (Lipinski definition) is 2. The molecule has 4 heteroatoms. The molecule has 2 unspecified atom stereocenters. The summed E-state index contributed by atoms with van der Waals surface area (Å²) in [6, 6.07) is -1.36. The summed E-state index contributed by atoms with van der Waals surface area (Å²) in [5.74, 6) is -0.356. The van der Waals surface area contributed by atoms with Crippen molar-refractivity contribution in [3.8, 4) is 0 Å². The van der Waals surface area contributed by atoms with Crippen LogP contribution in [-0.2, 0) is 9.59 Å². The molecule has 0 rings (SSSR count). The minimum absolute atomic E-state index is 0.135. The van der Waals surface area contributed by atoms with Crippen molar-refractivity contribution < 1.29 is 9.59 Å². The van der Waals surface area contributed by atoms with Crippen LogP contribution in [0.4, 0.5) is 0 Å². The van der Waals surface area contributed by atoms with Crippen LogP contribution in [0.25, 0.3) is 0 Å². The topological polar surface area (TPSA) is 86.2 Å². The minimum Gasteiger partial charge on any atom is -0.328 e. The fraction of sp³-hybridized carbons (Fsp3) is 0.667. The molecule has 57 valence electrons. The second kappa shape index (κ2) is 4.14. The summed E-state index contributed by atoms with van der Waals surface area (Å²) in [5.41, 5.74) is 10.3. The van der Waals surface area contributed by atoms with Gasteiger partial charge < -0.3 is 11.5 Å². The van der Waals surface area contributed by atoms with Crippen LogP contribution in [0.15, 0.2) is 0 Å². The second-order valence-corrected chi connectivity index (χ2v) is 2.24. The Balaban J connectivity index is 3.73. The molecule has 4 nitrogen and oxygen atoms in total. The molecule has 0 aliphatic carbocycles. The molecule has 0 aromatic carbocycles. The third-order valence-electron chi connectivity index (χ3n) is 0.997. The maximum absolute atomic E-state index is 10.7. The molecule has 0 heterocycles. The number of nitrogens with two attached hydrogens (primary N) is 2. The van der Waals surface area contributed by atoms with Crippen molar-refractivity contribution in [1.29, 1.82) is 0 Å². The summed E-state index contributed by atoms with van der Waals surface area (Å²) < 4.78 is 0. The van der Waals surface area contributed by atoms with Gasteiger partial charge in [0.2, 0.25) is 6.29 Å². The highest BCUT2D eigenvalue weighted by Gasteiger charge is 2.13. The molecular formula is C6H11N2O2. The van der Waals surface area contributed by atoms with Crippen LogP contribution in [-0.4, -0.2) is 24.2 Å². The van der Waals surface area contributed by atoms with E-state index >= 15 is 0 Å². The lowest BCUT2D eigenvalue weighted by atomic mass is 10.1. The quantitative estimate of drug-likeness (QED) is 0.480. The number of carbonyl (C=O) groups is 1. The normalized spacial score (nSPS) is 15.9. The summed E-state index contributed by atoms with van der Waals surface area (Å²) in [7, 11) is 0. The van der Waals surface area contributed by atoms with Crippen molar-refractivity contribution in [3.63, 3.8) is 0 Å². The van der Waals surface area contributed by atoms with E-state index in [1.165, 1.54) is 6.29 Å². The van der Waals surface area contributed by atoms with E-state index in [0.717, 1.165) is 0 Å². The van der Waals surface area contributed by atoms with E-state index in [2.05, 4.69) is 0 Å². The fourth-order valence-electron chi connectivity index (χ4n) is 0.510. The molecule has 0 fully saturated rings. The Hall–Kier alpha value is -0.740. The van der Waals surface area contributed by atoms with Crippen LogP contribution < -0.4 is 11.5 Å². The lowest BCUT2D eigenvalue weighted by molar-refractivity contribution is -0.119. The number of ketones is 1. The van der Waals surface area contributed by atoms with Gasteiger partial charge in [-0.1, -0.05) is 0 Å². The third kappa shape index (κ3) is 3.32. The molecular weight excluding hydrogens is 132 g/mol. The Morgan fingerprint density at radius 3 is 2.40 bits per heavy atom. The first-order chi connectivity index (χ1) is 4.57. The van der Waals surface area contributed by atoms with Crippen molar-refractivity contribution in [2.24, 2.45) is 11.5 Å². The Bertz CT molecular complexity index is 134. The first-order valence-electron chi connectivity index (χ1n) is 2.99. The molecule has 0 aliphatic heterocycles. The molecule has 0 aliphatic rings. The average Bonchev–Trinajstić information content (AvgIpc) is 1.85. The molecule has 0 bridgehead atoms. The standard InChI is InChI=1S/C6H11N2O2/c1-4(7)2-6(10)5(8)3-9/h4-5H,2,7-8H2,1H3. The molecule has 0 aromatic rings. The van der Waals surface area contributed by atoms with Gasteiger partial charge in [-0.15, -0.1) is 0 Å². The monoisotopic (exact) mass is 143 g/mol. The van der Waals surface area contributed by atoms with Gasteiger partial charge >= 0.3 is 0 Å². The maximum atomic E-state index is 10.7. The molecule has 0 spiro atoms. The van der Waals surface area contributed by atoms with E-state index in [9.17, 15) is 9.59 Å². The molecule has 0 amide bonds. The number of carbonyl (C=O) groups excluding carboxylic acids is 2. The van der Waals surface area contributed by atoms with E-state index < -0.39 is 6.04 Å². The van der Waals surface area contributed by atoms with Gasteiger partial charge in [0, 0.05) is 12.5 Å². The molecule has 2 atom stereocenters. The van der Waals surface area contributed by atoms with Gasteiger partial charge in [0.15, 0.2) is 5.78 Å². The predicted octanol–water partition coefficient (Wildman–Crippen LogP) is -1.27. The third-order valence-corrected chi connectivity index (χ3v) is 0.997. The lowest BCUT2D eigenvalue weighted by Crippen LogP contribution is -2.35. The zero-order valence-electron chi connectivity index (χ0n) is 5.83. The number of rotatable bonds is 4.